The molecule has 0 saturated heterocycles. The third kappa shape index (κ3) is 4.35. The molecule has 4 nitrogen and oxygen atoms in total. The van der Waals surface area contributed by atoms with E-state index in [1.165, 1.54) is 5.56 Å². The molecule has 3 aromatic rings. The van der Waals surface area contributed by atoms with Crippen LogP contribution in [0.3, 0.4) is 0 Å². The van der Waals surface area contributed by atoms with E-state index in [0.29, 0.717) is 18.1 Å². The largest absolute Gasteiger partial charge is 0.334 e. The normalized spacial score (nSPS) is 12.1. The fourth-order valence-electron chi connectivity index (χ4n) is 3.36. The van der Waals surface area contributed by atoms with Crippen LogP contribution in [0.15, 0.2) is 47.0 Å². The fourth-order valence-corrected chi connectivity index (χ4v) is 3.97. The van der Waals surface area contributed by atoms with Gasteiger partial charge < -0.3 is 4.52 Å². The van der Waals surface area contributed by atoms with E-state index in [9.17, 15) is 4.79 Å². The summed E-state index contributed by atoms with van der Waals surface area (Å²) in [5, 5.41) is 4.19. The number of hydrogen-bond donors (Lipinski definition) is 0. The number of carbonyl (C=O) groups is 1. The van der Waals surface area contributed by atoms with Crippen molar-refractivity contribution >= 4 is 28.4 Å². The summed E-state index contributed by atoms with van der Waals surface area (Å²) >= 11 is 2.25. The van der Waals surface area contributed by atoms with Crippen molar-refractivity contribution in [2.45, 2.75) is 52.4 Å². The van der Waals surface area contributed by atoms with Gasteiger partial charge in [0.25, 0.3) is 5.89 Å². The Labute approximate surface area is 179 Å². The van der Waals surface area contributed by atoms with E-state index >= 15 is 0 Å². The number of hydrogen-bond acceptors (Lipinski definition) is 4. The zero-order valence-electron chi connectivity index (χ0n) is 16.5. The molecule has 0 N–H and O–H groups in total. The smallest absolute Gasteiger partial charge is 0.259 e. The van der Waals surface area contributed by atoms with Crippen molar-refractivity contribution in [2.24, 2.45) is 0 Å². The van der Waals surface area contributed by atoms with Crippen LogP contribution < -0.4 is 0 Å². The molecule has 0 fully saturated rings. The molecule has 0 amide bonds. The molecule has 0 spiro atoms. The van der Waals surface area contributed by atoms with Crippen molar-refractivity contribution in [3.05, 3.63) is 68.5 Å². The van der Waals surface area contributed by atoms with Crippen LogP contribution in [0.4, 0.5) is 0 Å². The highest BCUT2D eigenvalue weighted by molar-refractivity contribution is 14.1. The Balaban J connectivity index is 1.99. The lowest BCUT2D eigenvalue weighted by Crippen LogP contribution is -2.16. The number of aryl methyl sites for hydroxylation is 2. The Morgan fingerprint density at radius 3 is 2.57 bits per heavy atom. The van der Waals surface area contributed by atoms with Crippen molar-refractivity contribution in [3.63, 3.8) is 0 Å². The average Bonchev–Trinajstić information content (AvgIpc) is 3.20. The zero-order chi connectivity index (χ0) is 20.1. The molecular weight excluding hydrogens is 463 g/mol. The maximum Gasteiger partial charge on any atom is 0.259 e. The van der Waals surface area contributed by atoms with Gasteiger partial charge in [0, 0.05) is 9.13 Å². The topological polar surface area (TPSA) is 56.0 Å². The number of nitrogens with zero attached hydrogens (tertiary/aromatic N) is 2. The van der Waals surface area contributed by atoms with Gasteiger partial charge in [0.1, 0.15) is 0 Å². The monoisotopic (exact) mass is 488 g/mol. The van der Waals surface area contributed by atoms with E-state index in [1.807, 2.05) is 30.3 Å². The molecular formula is C23H25IN2O2. The molecule has 1 unspecified atom stereocenters. The first-order valence-corrected chi connectivity index (χ1v) is 10.9. The van der Waals surface area contributed by atoms with Gasteiger partial charge in [-0.2, -0.15) is 4.98 Å². The van der Waals surface area contributed by atoms with E-state index in [1.54, 1.807) is 0 Å². The van der Waals surface area contributed by atoms with Crippen LogP contribution >= 0.6 is 22.6 Å². The number of rotatable bonds is 8. The van der Waals surface area contributed by atoms with Crippen LogP contribution in [0.1, 0.15) is 66.8 Å². The second-order valence-electron chi connectivity index (χ2n) is 6.84. The third-order valence-corrected chi connectivity index (χ3v) is 5.92. The van der Waals surface area contributed by atoms with E-state index < -0.39 is 0 Å². The number of halogens is 1. The predicted octanol–water partition coefficient (Wildman–Crippen LogP) is 6.23. The number of ketones is 1. The molecule has 1 atom stereocenters. The highest BCUT2D eigenvalue weighted by atomic mass is 127. The molecule has 0 radical (unpaired) electrons. The van der Waals surface area contributed by atoms with Crippen LogP contribution in [-0.4, -0.2) is 15.9 Å². The molecule has 1 heterocycles. The SMILES string of the molecule is CCCC(C(=O)c1cc(CC)ccc1CC)c1noc(-c2ccccc2I)n1. The van der Waals surface area contributed by atoms with E-state index in [2.05, 4.69) is 65.6 Å². The summed E-state index contributed by atoms with van der Waals surface area (Å²) in [7, 11) is 0. The predicted molar refractivity (Wildman–Crippen MR) is 120 cm³/mol. The second-order valence-corrected chi connectivity index (χ2v) is 8.00. The van der Waals surface area contributed by atoms with Gasteiger partial charge in [-0.05, 0) is 71.2 Å². The van der Waals surface area contributed by atoms with Crippen molar-refractivity contribution in [2.75, 3.05) is 0 Å². The quantitative estimate of drug-likeness (QED) is 0.279. The molecule has 3 rings (SSSR count). The van der Waals surface area contributed by atoms with Crippen molar-refractivity contribution < 1.29 is 9.32 Å². The maximum absolute atomic E-state index is 13.5. The second kappa shape index (κ2) is 9.45. The molecule has 2 aromatic carbocycles. The summed E-state index contributed by atoms with van der Waals surface area (Å²) in [4.78, 5) is 18.1. The molecule has 0 bridgehead atoms. The first kappa shape index (κ1) is 20.7. The van der Waals surface area contributed by atoms with Crippen LogP contribution in [0.25, 0.3) is 11.5 Å². The molecule has 0 saturated carbocycles. The third-order valence-electron chi connectivity index (χ3n) is 4.98. The number of aromatic nitrogens is 2. The van der Waals surface area contributed by atoms with Crippen LogP contribution in [-0.2, 0) is 12.8 Å². The summed E-state index contributed by atoms with van der Waals surface area (Å²) in [5.74, 6) is 0.641. The lowest BCUT2D eigenvalue weighted by atomic mass is 9.88. The zero-order valence-corrected chi connectivity index (χ0v) is 18.7. The minimum atomic E-state index is -0.388. The van der Waals surface area contributed by atoms with Gasteiger partial charge in [0.15, 0.2) is 11.6 Å². The Morgan fingerprint density at radius 1 is 1.11 bits per heavy atom. The van der Waals surface area contributed by atoms with Gasteiger partial charge in [0.2, 0.25) is 0 Å². The lowest BCUT2D eigenvalue weighted by Gasteiger charge is -2.15. The van der Waals surface area contributed by atoms with Crippen molar-refractivity contribution in [1.29, 1.82) is 0 Å². The Bertz CT molecular complexity index is 965. The number of Topliss-reactive ketones (excluding diaryl/α,β-unsaturated/α-hetero) is 1. The van der Waals surface area contributed by atoms with E-state index in [0.717, 1.165) is 39.5 Å². The average molecular weight is 488 g/mol. The van der Waals surface area contributed by atoms with Crippen LogP contribution in [0.5, 0.6) is 0 Å². The molecule has 0 aliphatic heterocycles. The van der Waals surface area contributed by atoms with Gasteiger partial charge in [-0.15, -0.1) is 0 Å². The Hall–Kier alpha value is -2.02. The molecule has 5 heteroatoms. The fraction of sp³-hybridized carbons (Fsp3) is 0.348. The van der Waals surface area contributed by atoms with Crippen molar-refractivity contribution in [3.8, 4) is 11.5 Å². The van der Waals surface area contributed by atoms with Gasteiger partial charge in [0.05, 0.1) is 11.5 Å². The van der Waals surface area contributed by atoms with Crippen LogP contribution in [0, 0.1) is 3.57 Å². The molecule has 28 heavy (non-hydrogen) atoms. The Morgan fingerprint density at radius 2 is 1.89 bits per heavy atom. The van der Waals surface area contributed by atoms with E-state index in [-0.39, 0.29) is 11.7 Å². The standard InChI is InChI=1S/C23H25IN2O2/c1-4-9-18(21(27)19-14-15(5-2)12-13-16(19)6-3)22-25-23(28-26-22)17-10-7-8-11-20(17)24/h7-8,10-14,18H,4-6,9H2,1-3H3. The minimum absolute atomic E-state index is 0.0871. The Kier molecular flexibility index (Phi) is 6.99. The molecule has 0 aliphatic rings. The first-order valence-electron chi connectivity index (χ1n) is 9.83. The molecule has 1 aromatic heterocycles. The highest BCUT2D eigenvalue weighted by Gasteiger charge is 2.28. The lowest BCUT2D eigenvalue weighted by molar-refractivity contribution is 0.0948. The molecule has 146 valence electrons. The summed E-state index contributed by atoms with van der Waals surface area (Å²) in [5.41, 5.74) is 3.93. The summed E-state index contributed by atoms with van der Waals surface area (Å²) in [6.45, 7) is 6.26. The van der Waals surface area contributed by atoms with Crippen molar-refractivity contribution in [1.82, 2.24) is 10.1 Å². The molecule has 0 aliphatic carbocycles. The summed E-state index contributed by atoms with van der Waals surface area (Å²) < 4.78 is 6.57. The highest BCUT2D eigenvalue weighted by Crippen LogP contribution is 2.29. The van der Waals surface area contributed by atoms with Gasteiger partial charge >= 0.3 is 0 Å². The number of benzene rings is 2. The summed E-state index contributed by atoms with van der Waals surface area (Å²) in [6.07, 6.45) is 3.30. The number of carbonyl (C=O) groups excluding carboxylic acids is 1. The van der Waals surface area contributed by atoms with Gasteiger partial charge in [-0.3, -0.25) is 4.79 Å². The minimum Gasteiger partial charge on any atom is -0.334 e. The van der Waals surface area contributed by atoms with Gasteiger partial charge in [-0.25, -0.2) is 0 Å². The maximum atomic E-state index is 13.5. The van der Waals surface area contributed by atoms with E-state index in [4.69, 9.17) is 4.52 Å². The first-order chi connectivity index (χ1) is 13.6. The summed E-state index contributed by atoms with van der Waals surface area (Å²) in [6, 6.07) is 14.1. The van der Waals surface area contributed by atoms with Crippen LogP contribution in [0.2, 0.25) is 0 Å². The van der Waals surface area contributed by atoms with Gasteiger partial charge in [-0.1, -0.05) is 56.6 Å².